The number of hydrogen-bond donors (Lipinski definition) is 0. The van der Waals surface area contributed by atoms with Crippen LogP contribution in [0.25, 0.3) is 10.9 Å². The monoisotopic (exact) mass is 531 g/mol. The highest BCUT2D eigenvalue weighted by Gasteiger charge is 2.45. The average molecular weight is 532 g/mol. The maximum Gasteiger partial charge on any atom is 0.321 e. The second-order valence-electron chi connectivity index (χ2n) is 9.30. The maximum atomic E-state index is 14.1. The lowest BCUT2D eigenvalue weighted by Gasteiger charge is -2.31. The summed E-state index contributed by atoms with van der Waals surface area (Å²) in [6.45, 7) is 5.45. The van der Waals surface area contributed by atoms with E-state index < -0.39 is 33.8 Å². The fraction of sp³-hybridized carbons (Fsp3) is 0.267. The average Bonchev–Trinajstić information content (AvgIpc) is 3.23. The van der Waals surface area contributed by atoms with Gasteiger partial charge in [0.1, 0.15) is 0 Å². The maximum absolute atomic E-state index is 14.1. The summed E-state index contributed by atoms with van der Waals surface area (Å²) in [5.74, 6) is -3.47. The molecule has 0 radical (unpaired) electrons. The van der Waals surface area contributed by atoms with Gasteiger partial charge in [0.05, 0.1) is 23.6 Å². The van der Waals surface area contributed by atoms with E-state index in [1.54, 1.807) is 50.2 Å². The Morgan fingerprint density at radius 3 is 2.16 bits per heavy atom. The minimum atomic E-state index is -4.01. The van der Waals surface area contributed by atoms with Crippen LogP contribution in [0.5, 0.6) is 0 Å². The van der Waals surface area contributed by atoms with Crippen molar-refractivity contribution in [1.29, 1.82) is 0 Å². The molecule has 0 saturated heterocycles. The fourth-order valence-corrected chi connectivity index (χ4v) is 6.97. The molecule has 1 aliphatic rings. The molecule has 0 spiro atoms. The van der Waals surface area contributed by atoms with Crippen LogP contribution >= 0.6 is 0 Å². The summed E-state index contributed by atoms with van der Waals surface area (Å²) >= 11 is 0. The summed E-state index contributed by atoms with van der Waals surface area (Å²) in [5.41, 5.74) is 4.20. The molecule has 4 aromatic rings. The van der Waals surface area contributed by atoms with E-state index in [0.717, 1.165) is 16.7 Å². The summed E-state index contributed by atoms with van der Waals surface area (Å²) in [5, 5.41) is 0.663. The number of esters is 2. The van der Waals surface area contributed by atoms with Gasteiger partial charge < -0.3 is 9.47 Å². The normalized spacial score (nSPS) is 14.7. The third-order valence-corrected chi connectivity index (χ3v) is 8.77. The summed E-state index contributed by atoms with van der Waals surface area (Å²) in [6, 6.07) is 21.4. The Morgan fingerprint density at radius 2 is 1.50 bits per heavy atom. The first-order valence-electron chi connectivity index (χ1n) is 12.6. The second-order valence-corrected chi connectivity index (χ2v) is 11.1. The van der Waals surface area contributed by atoms with Crippen molar-refractivity contribution in [1.82, 2.24) is 3.97 Å². The summed E-state index contributed by atoms with van der Waals surface area (Å²) < 4.78 is 40.4. The lowest BCUT2D eigenvalue weighted by molar-refractivity contribution is -0.162. The number of aryl methyl sites for hydroxylation is 1. The number of benzene rings is 3. The Bertz CT molecular complexity index is 1620. The van der Waals surface area contributed by atoms with Crippen LogP contribution in [0.15, 0.2) is 77.7 Å². The molecule has 196 valence electrons. The van der Waals surface area contributed by atoms with Crippen LogP contribution in [-0.4, -0.2) is 37.5 Å². The number of aromatic nitrogens is 1. The third-order valence-electron chi connectivity index (χ3n) is 7.00. The van der Waals surface area contributed by atoms with Crippen molar-refractivity contribution < 1.29 is 27.5 Å². The van der Waals surface area contributed by atoms with Crippen LogP contribution in [0.4, 0.5) is 0 Å². The zero-order chi connectivity index (χ0) is 27.0. The number of rotatable bonds is 7. The molecule has 1 aromatic heterocycles. The van der Waals surface area contributed by atoms with Gasteiger partial charge in [-0.1, -0.05) is 60.2 Å². The fourth-order valence-electron chi connectivity index (χ4n) is 5.41. The highest BCUT2D eigenvalue weighted by Crippen LogP contribution is 2.47. The molecule has 1 atom stereocenters. The smallest absolute Gasteiger partial charge is 0.321 e. The van der Waals surface area contributed by atoms with E-state index in [-0.39, 0.29) is 18.1 Å². The predicted octanol–water partition coefficient (Wildman–Crippen LogP) is 4.97. The van der Waals surface area contributed by atoms with Gasteiger partial charge in [0.15, 0.2) is 5.92 Å². The number of carbonyl (C=O) groups excluding carboxylic acids is 2. The van der Waals surface area contributed by atoms with E-state index in [1.165, 1.54) is 3.97 Å². The summed E-state index contributed by atoms with van der Waals surface area (Å²) in [7, 11) is -4.01. The Hall–Kier alpha value is -3.91. The number of carbonyl (C=O) groups is 2. The molecule has 0 amide bonds. The van der Waals surface area contributed by atoms with Gasteiger partial charge in [0.25, 0.3) is 10.0 Å². The van der Waals surface area contributed by atoms with Crippen LogP contribution < -0.4 is 0 Å². The van der Waals surface area contributed by atoms with Crippen molar-refractivity contribution in [2.24, 2.45) is 5.92 Å². The second kappa shape index (κ2) is 10.1. The SMILES string of the molecule is CCOC(=O)C(C(=O)OCC)C1c2ccccc2Cc2c1c1ccccc1n2S(=O)(=O)c1ccc(C)cc1. The largest absolute Gasteiger partial charge is 0.465 e. The Labute approximate surface area is 222 Å². The van der Waals surface area contributed by atoms with E-state index in [9.17, 15) is 18.0 Å². The minimum absolute atomic E-state index is 0.0968. The van der Waals surface area contributed by atoms with Crippen molar-refractivity contribution in [3.8, 4) is 0 Å². The molecule has 1 unspecified atom stereocenters. The van der Waals surface area contributed by atoms with Crippen LogP contribution in [0.1, 0.15) is 47.7 Å². The van der Waals surface area contributed by atoms with E-state index in [4.69, 9.17) is 9.47 Å². The number of fused-ring (bicyclic) bond motifs is 4. The van der Waals surface area contributed by atoms with Gasteiger partial charge in [-0.2, -0.15) is 0 Å². The summed E-state index contributed by atoms with van der Waals surface area (Å²) in [4.78, 5) is 26.8. The molecule has 7 nitrogen and oxygen atoms in total. The molecule has 5 rings (SSSR count). The highest BCUT2D eigenvalue weighted by atomic mass is 32.2. The summed E-state index contributed by atoms with van der Waals surface area (Å²) in [6.07, 6.45) is 0.320. The van der Waals surface area contributed by atoms with Crippen molar-refractivity contribution >= 4 is 32.9 Å². The third kappa shape index (κ3) is 4.19. The molecule has 0 aliphatic heterocycles. The highest BCUT2D eigenvalue weighted by molar-refractivity contribution is 7.90. The van der Waals surface area contributed by atoms with Crippen molar-refractivity contribution in [2.75, 3.05) is 13.2 Å². The first-order chi connectivity index (χ1) is 18.3. The minimum Gasteiger partial charge on any atom is -0.465 e. The first-order valence-corrected chi connectivity index (χ1v) is 14.1. The molecule has 1 aliphatic carbocycles. The molecule has 1 heterocycles. The standard InChI is InChI=1S/C30H29NO6S/c1-4-36-29(32)28(30(33)37-5-2)27-22-11-7-6-10-20(22)18-25-26(27)23-12-8-9-13-24(23)31(25)38(34,35)21-16-14-19(3)15-17-21/h6-17,27-28H,4-5,18H2,1-3H3. The first kappa shape index (κ1) is 25.7. The molecule has 8 heteroatoms. The molecule has 3 aromatic carbocycles. The van der Waals surface area contributed by atoms with Crippen molar-refractivity contribution in [3.63, 3.8) is 0 Å². The molecular formula is C30H29NO6S. The van der Waals surface area contributed by atoms with Gasteiger partial charge in [-0.15, -0.1) is 0 Å². The van der Waals surface area contributed by atoms with Gasteiger partial charge in [-0.3, -0.25) is 9.59 Å². The number of nitrogens with zero attached hydrogens (tertiary/aromatic N) is 1. The van der Waals surface area contributed by atoms with E-state index in [2.05, 4.69) is 0 Å². The van der Waals surface area contributed by atoms with Crippen molar-refractivity contribution in [3.05, 3.63) is 101 Å². The molecule has 0 bridgehead atoms. The predicted molar refractivity (Wildman–Crippen MR) is 144 cm³/mol. The molecule has 0 fully saturated rings. The molecule has 0 N–H and O–H groups in total. The van der Waals surface area contributed by atoms with Gasteiger partial charge in [0.2, 0.25) is 0 Å². The zero-order valence-electron chi connectivity index (χ0n) is 21.5. The van der Waals surface area contributed by atoms with Crippen LogP contribution in [0.2, 0.25) is 0 Å². The van der Waals surface area contributed by atoms with Crippen LogP contribution in [0.3, 0.4) is 0 Å². The topological polar surface area (TPSA) is 91.7 Å². The van der Waals surface area contributed by atoms with Gasteiger partial charge in [-0.05, 0) is 55.7 Å². The number of para-hydroxylation sites is 1. The lowest BCUT2D eigenvalue weighted by atomic mass is 9.73. The zero-order valence-corrected chi connectivity index (χ0v) is 22.3. The molecule has 0 saturated carbocycles. The van der Waals surface area contributed by atoms with E-state index >= 15 is 0 Å². The Balaban J connectivity index is 1.84. The lowest BCUT2D eigenvalue weighted by Crippen LogP contribution is -2.36. The Morgan fingerprint density at radius 1 is 0.895 bits per heavy atom. The molecular weight excluding hydrogens is 502 g/mol. The van der Waals surface area contributed by atoms with Crippen LogP contribution in [0, 0.1) is 12.8 Å². The van der Waals surface area contributed by atoms with E-state index in [0.29, 0.717) is 28.6 Å². The van der Waals surface area contributed by atoms with Crippen LogP contribution in [-0.2, 0) is 35.5 Å². The number of hydrogen-bond acceptors (Lipinski definition) is 6. The van der Waals surface area contributed by atoms with E-state index in [1.807, 2.05) is 43.3 Å². The quantitative estimate of drug-likeness (QED) is 0.247. The van der Waals surface area contributed by atoms with Gasteiger partial charge in [0, 0.05) is 23.4 Å². The van der Waals surface area contributed by atoms with Gasteiger partial charge >= 0.3 is 11.9 Å². The number of ether oxygens (including phenoxy) is 2. The van der Waals surface area contributed by atoms with Gasteiger partial charge in [-0.25, -0.2) is 12.4 Å². The Kier molecular flexibility index (Phi) is 6.84. The molecule has 38 heavy (non-hydrogen) atoms. The van der Waals surface area contributed by atoms with Crippen molar-refractivity contribution in [2.45, 2.75) is 38.0 Å².